The second-order valence-corrected chi connectivity index (χ2v) is 5.28. The van der Waals surface area contributed by atoms with E-state index >= 15 is 0 Å². The molecule has 4 heteroatoms. The summed E-state index contributed by atoms with van der Waals surface area (Å²) >= 11 is 0. The van der Waals surface area contributed by atoms with Crippen LogP contribution in [0.25, 0.3) is 0 Å². The highest BCUT2D eigenvalue weighted by molar-refractivity contribution is 5.98. The predicted octanol–water partition coefficient (Wildman–Crippen LogP) is 1.81. The van der Waals surface area contributed by atoms with E-state index in [9.17, 15) is 4.79 Å². The summed E-state index contributed by atoms with van der Waals surface area (Å²) in [7, 11) is 0. The maximum atomic E-state index is 12.4. The molecule has 19 heavy (non-hydrogen) atoms. The molecule has 1 aliphatic carbocycles. The molecule has 0 bridgehead atoms. The first-order valence-corrected chi connectivity index (χ1v) is 6.85. The molecule has 98 valence electrons. The molecule has 1 N–H and O–H groups in total. The Morgan fingerprint density at radius 2 is 1.95 bits per heavy atom. The van der Waals surface area contributed by atoms with Gasteiger partial charge in [0.1, 0.15) is 0 Å². The molecule has 1 unspecified atom stereocenters. The van der Waals surface area contributed by atoms with E-state index in [1.807, 2.05) is 17.0 Å². The van der Waals surface area contributed by atoms with Crippen molar-refractivity contribution >= 4 is 11.6 Å². The Hall–Kier alpha value is -1.86. The standard InChI is InChI=1S/C15H17N3O/c16-10-11-3-7-13(8-4-11)18-9-1-2-14(15(18)19)17-12-5-6-12/h3-4,7-8,12,14,17H,1-2,5-6,9H2. The minimum Gasteiger partial charge on any atom is -0.311 e. The third kappa shape index (κ3) is 2.61. The van der Waals surface area contributed by atoms with Crippen molar-refractivity contribution < 1.29 is 4.79 Å². The molecule has 1 aromatic rings. The predicted molar refractivity (Wildman–Crippen MR) is 72.7 cm³/mol. The first-order valence-electron chi connectivity index (χ1n) is 6.85. The second-order valence-electron chi connectivity index (χ2n) is 5.28. The van der Waals surface area contributed by atoms with Crippen molar-refractivity contribution in [2.75, 3.05) is 11.4 Å². The van der Waals surface area contributed by atoms with Gasteiger partial charge >= 0.3 is 0 Å². The van der Waals surface area contributed by atoms with Crippen molar-refractivity contribution in [3.8, 4) is 6.07 Å². The van der Waals surface area contributed by atoms with Crippen LogP contribution in [0.4, 0.5) is 5.69 Å². The summed E-state index contributed by atoms with van der Waals surface area (Å²) in [6.07, 6.45) is 4.35. The van der Waals surface area contributed by atoms with E-state index in [1.165, 1.54) is 12.8 Å². The van der Waals surface area contributed by atoms with Gasteiger partial charge in [0.05, 0.1) is 17.7 Å². The van der Waals surface area contributed by atoms with Gasteiger partial charge in [-0.2, -0.15) is 5.26 Å². The van der Waals surface area contributed by atoms with Gasteiger partial charge in [-0.15, -0.1) is 0 Å². The maximum Gasteiger partial charge on any atom is 0.244 e. The molecule has 1 saturated heterocycles. The first kappa shape index (κ1) is 12.2. The highest BCUT2D eigenvalue weighted by Gasteiger charge is 2.33. The Labute approximate surface area is 113 Å². The number of nitrogens with zero attached hydrogens (tertiary/aromatic N) is 2. The van der Waals surface area contributed by atoms with Gasteiger partial charge in [0.25, 0.3) is 0 Å². The minimum atomic E-state index is -0.0307. The van der Waals surface area contributed by atoms with Crippen molar-refractivity contribution in [1.29, 1.82) is 5.26 Å². The van der Waals surface area contributed by atoms with Crippen molar-refractivity contribution in [3.63, 3.8) is 0 Å². The molecule has 1 heterocycles. The highest BCUT2D eigenvalue weighted by Crippen LogP contribution is 2.25. The number of nitriles is 1. The van der Waals surface area contributed by atoms with Crippen LogP contribution >= 0.6 is 0 Å². The van der Waals surface area contributed by atoms with Crippen molar-refractivity contribution in [2.24, 2.45) is 0 Å². The molecule has 1 aliphatic heterocycles. The van der Waals surface area contributed by atoms with Gasteiger partial charge in [-0.1, -0.05) is 0 Å². The van der Waals surface area contributed by atoms with Crippen LogP contribution in [-0.4, -0.2) is 24.5 Å². The number of carbonyl (C=O) groups is 1. The number of hydrogen-bond acceptors (Lipinski definition) is 3. The first-order chi connectivity index (χ1) is 9.28. The van der Waals surface area contributed by atoms with Crippen LogP contribution in [0.2, 0.25) is 0 Å². The second kappa shape index (κ2) is 5.02. The van der Waals surface area contributed by atoms with Gasteiger partial charge in [0, 0.05) is 18.3 Å². The van der Waals surface area contributed by atoms with Crippen molar-refractivity contribution in [1.82, 2.24) is 5.32 Å². The molecular weight excluding hydrogens is 238 g/mol. The van der Waals surface area contributed by atoms with Crippen LogP contribution in [0.1, 0.15) is 31.2 Å². The summed E-state index contributed by atoms with van der Waals surface area (Å²) in [6, 6.07) is 9.86. The molecule has 0 aromatic heterocycles. The van der Waals surface area contributed by atoms with Crippen molar-refractivity contribution in [2.45, 2.75) is 37.8 Å². The third-order valence-electron chi connectivity index (χ3n) is 3.76. The van der Waals surface area contributed by atoms with Crippen LogP contribution in [0.3, 0.4) is 0 Å². The summed E-state index contributed by atoms with van der Waals surface area (Å²) in [5, 5.41) is 12.2. The van der Waals surface area contributed by atoms with Gasteiger partial charge in [0.2, 0.25) is 5.91 Å². The number of carbonyl (C=O) groups excluding carboxylic acids is 1. The lowest BCUT2D eigenvalue weighted by molar-refractivity contribution is -0.121. The van der Waals surface area contributed by atoms with E-state index < -0.39 is 0 Å². The molecule has 3 rings (SSSR count). The molecule has 4 nitrogen and oxygen atoms in total. The molecule has 0 spiro atoms. The minimum absolute atomic E-state index is 0.0307. The Morgan fingerprint density at radius 1 is 1.21 bits per heavy atom. The number of hydrogen-bond donors (Lipinski definition) is 1. The summed E-state index contributed by atoms with van der Waals surface area (Å²) in [6.45, 7) is 0.771. The summed E-state index contributed by atoms with van der Waals surface area (Å²) in [5.41, 5.74) is 1.52. The van der Waals surface area contributed by atoms with Crippen LogP contribution < -0.4 is 10.2 Å². The Kier molecular flexibility index (Phi) is 3.22. The van der Waals surface area contributed by atoms with Gasteiger partial charge in [-0.05, 0) is 49.9 Å². The lowest BCUT2D eigenvalue weighted by atomic mass is 10.0. The van der Waals surface area contributed by atoms with E-state index in [-0.39, 0.29) is 11.9 Å². The smallest absolute Gasteiger partial charge is 0.244 e. The van der Waals surface area contributed by atoms with E-state index in [2.05, 4.69) is 11.4 Å². The van der Waals surface area contributed by atoms with E-state index in [1.54, 1.807) is 12.1 Å². The average Bonchev–Trinajstić information content (AvgIpc) is 3.25. The summed E-state index contributed by atoms with van der Waals surface area (Å²) in [4.78, 5) is 14.3. The van der Waals surface area contributed by atoms with Crippen LogP contribution in [0.15, 0.2) is 24.3 Å². The van der Waals surface area contributed by atoms with Crippen LogP contribution in [0.5, 0.6) is 0 Å². The molecule has 2 fully saturated rings. The number of benzene rings is 1. The third-order valence-corrected chi connectivity index (χ3v) is 3.76. The summed E-state index contributed by atoms with van der Waals surface area (Å²) in [5.74, 6) is 0.169. The lowest BCUT2D eigenvalue weighted by Crippen LogP contribution is -2.51. The van der Waals surface area contributed by atoms with Crippen molar-refractivity contribution in [3.05, 3.63) is 29.8 Å². The van der Waals surface area contributed by atoms with E-state index in [4.69, 9.17) is 5.26 Å². The molecule has 1 saturated carbocycles. The fourth-order valence-corrected chi connectivity index (χ4v) is 2.54. The number of rotatable bonds is 3. The Morgan fingerprint density at radius 3 is 2.58 bits per heavy atom. The SMILES string of the molecule is N#Cc1ccc(N2CCCC(NC3CC3)C2=O)cc1. The zero-order valence-corrected chi connectivity index (χ0v) is 10.8. The summed E-state index contributed by atoms with van der Waals surface area (Å²) < 4.78 is 0. The number of amides is 1. The normalized spacial score (nSPS) is 23.2. The molecule has 1 amide bonds. The van der Waals surface area contributed by atoms with Gasteiger partial charge in [-0.25, -0.2) is 0 Å². The zero-order valence-electron chi connectivity index (χ0n) is 10.8. The molecular formula is C15H17N3O. The monoisotopic (exact) mass is 255 g/mol. The molecule has 1 atom stereocenters. The topological polar surface area (TPSA) is 56.1 Å². The van der Waals surface area contributed by atoms with E-state index in [0.717, 1.165) is 25.1 Å². The number of nitrogens with one attached hydrogen (secondary N) is 1. The quantitative estimate of drug-likeness (QED) is 0.896. The fraction of sp³-hybridized carbons (Fsp3) is 0.467. The largest absolute Gasteiger partial charge is 0.311 e. The van der Waals surface area contributed by atoms with Crippen LogP contribution in [-0.2, 0) is 4.79 Å². The Bertz CT molecular complexity index is 513. The van der Waals surface area contributed by atoms with Gasteiger partial charge in [-0.3, -0.25) is 4.79 Å². The van der Waals surface area contributed by atoms with Gasteiger partial charge in [0.15, 0.2) is 0 Å². The molecule has 0 radical (unpaired) electrons. The Balaban J connectivity index is 1.74. The lowest BCUT2D eigenvalue weighted by Gasteiger charge is -2.33. The maximum absolute atomic E-state index is 12.4. The molecule has 1 aromatic carbocycles. The van der Waals surface area contributed by atoms with Crippen LogP contribution in [0, 0.1) is 11.3 Å². The van der Waals surface area contributed by atoms with E-state index in [0.29, 0.717) is 11.6 Å². The zero-order chi connectivity index (χ0) is 13.2. The number of anilines is 1. The molecule has 2 aliphatic rings. The average molecular weight is 255 g/mol. The van der Waals surface area contributed by atoms with Gasteiger partial charge < -0.3 is 10.2 Å². The number of piperidine rings is 1. The fourth-order valence-electron chi connectivity index (χ4n) is 2.54. The highest BCUT2D eigenvalue weighted by atomic mass is 16.2.